The van der Waals surface area contributed by atoms with Crippen LogP contribution in [0.1, 0.15) is 30.9 Å². The molecule has 3 atom stereocenters. The molecule has 0 radical (unpaired) electrons. The molecule has 0 spiro atoms. The van der Waals surface area contributed by atoms with Gasteiger partial charge in [0.15, 0.2) is 0 Å². The average molecular weight is 418 g/mol. The van der Waals surface area contributed by atoms with Crippen molar-refractivity contribution < 1.29 is 9.53 Å². The van der Waals surface area contributed by atoms with Gasteiger partial charge >= 0.3 is 0 Å². The van der Waals surface area contributed by atoms with Crippen molar-refractivity contribution in [1.82, 2.24) is 14.4 Å². The number of hydrogen-bond donors (Lipinski definition) is 0. The molecule has 148 valence electrons. The van der Waals surface area contributed by atoms with E-state index >= 15 is 0 Å². The molecule has 0 aliphatic carbocycles. The van der Waals surface area contributed by atoms with Gasteiger partial charge in [-0.3, -0.25) is 14.5 Å². The zero-order valence-corrected chi connectivity index (χ0v) is 17.2. The summed E-state index contributed by atoms with van der Waals surface area (Å²) in [5.41, 5.74) is 1.21. The van der Waals surface area contributed by atoms with Gasteiger partial charge in [0.05, 0.1) is 17.6 Å². The minimum atomic E-state index is -0.00199. The van der Waals surface area contributed by atoms with Crippen LogP contribution in [0.25, 0.3) is 0 Å². The van der Waals surface area contributed by atoms with E-state index < -0.39 is 0 Å². The summed E-state index contributed by atoms with van der Waals surface area (Å²) in [6.07, 6.45) is 5.24. The highest BCUT2D eigenvalue weighted by Crippen LogP contribution is 2.37. The van der Waals surface area contributed by atoms with Crippen molar-refractivity contribution in [2.75, 3.05) is 26.2 Å². The van der Waals surface area contributed by atoms with Gasteiger partial charge in [-0.15, -0.1) is 0 Å². The Morgan fingerprint density at radius 3 is 2.96 bits per heavy atom. The summed E-state index contributed by atoms with van der Waals surface area (Å²) in [4.78, 5) is 29.7. The summed E-state index contributed by atoms with van der Waals surface area (Å²) in [7, 11) is 0. The van der Waals surface area contributed by atoms with Gasteiger partial charge in [0.1, 0.15) is 4.32 Å². The van der Waals surface area contributed by atoms with E-state index in [1.54, 1.807) is 11.0 Å². The maximum Gasteiger partial charge on any atom is 0.267 e. The molecular formula is C20H23N3O3S2. The van der Waals surface area contributed by atoms with Crippen LogP contribution in [-0.2, 0) is 16.1 Å². The Kier molecular flexibility index (Phi) is 4.80. The summed E-state index contributed by atoms with van der Waals surface area (Å²) in [6, 6.07) is 5.55. The summed E-state index contributed by atoms with van der Waals surface area (Å²) >= 11 is 6.85. The standard InChI is InChI=1S/C20H23N3O3S2/c24-18-5-1-4-16-14-7-13(9-22(16)18)8-21(10-14)12-17-19(25)23(20(27)28-17)11-15-3-2-6-26-15/h1,4-5,12-15H,2-3,6-11H2/t13-,14-,15?/m0/s1. The van der Waals surface area contributed by atoms with Crippen molar-refractivity contribution in [2.45, 2.75) is 37.8 Å². The predicted octanol–water partition coefficient (Wildman–Crippen LogP) is 2.15. The third kappa shape index (κ3) is 3.31. The molecule has 1 aromatic rings. The largest absolute Gasteiger partial charge is 0.376 e. The van der Waals surface area contributed by atoms with Crippen molar-refractivity contribution in [3.05, 3.63) is 45.4 Å². The van der Waals surface area contributed by atoms with Crippen LogP contribution in [0.4, 0.5) is 0 Å². The molecule has 4 aliphatic heterocycles. The lowest BCUT2D eigenvalue weighted by Gasteiger charge is -2.42. The first-order valence-electron chi connectivity index (χ1n) is 9.89. The maximum absolute atomic E-state index is 12.9. The van der Waals surface area contributed by atoms with Crippen molar-refractivity contribution in [3.8, 4) is 0 Å². The smallest absolute Gasteiger partial charge is 0.267 e. The molecular weight excluding hydrogens is 394 g/mol. The van der Waals surface area contributed by atoms with Gasteiger partial charge in [0.25, 0.3) is 11.5 Å². The molecule has 6 nitrogen and oxygen atoms in total. The fraction of sp³-hybridized carbons (Fsp3) is 0.550. The summed E-state index contributed by atoms with van der Waals surface area (Å²) in [6.45, 7) is 3.79. The number of fused-ring (bicyclic) bond motifs is 4. The molecule has 1 unspecified atom stereocenters. The second-order valence-electron chi connectivity index (χ2n) is 8.06. The Morgan fingerprint density at radius 2 is 2.14 bits per heavy atom. The first-order valence-corrected chi connectivity index (χ1v) is 11.1. The number of amides is 1. The van der Waals surface area contributed by atoms with Crippen molar-refractivity contribution >= 4 is 34.2 Å². The highest BCUT2D eigenvalue weighted by molar-refractivity contribution is 8.26. The SMILES string of the molecule is O=C1C(=CN2C[C@@H]3C[C@@H](C2)c2cccc(=O)n2C3)SC(=S)N1CC1CCCO1. The fourth-order valence-corrected chi connectivity index (χ4v) is 6.13. The second-order valence-corrected chi connectivity index (χ2v) is 9.74. The van der Waals surface area contributed by atoms with Crippen LogP contribution in [0.3, 0.4) is 0 Å². The van der Waals surface area contributed by atoms with E-state index in [9.17, 15) is 9.59 Å². The Labute approximate surface area is 173 Å². The molecule has 5 heterocycles. The first kappa shape index (κ1) is 18.4. The molecule has 1 amide bonds. The van der Waals surface area contributed by atoms with E-state index in [1.807, 2.05) is 16.8 Å². The summed E-state index contributed by atoms with van der Waals surface area (Å²) < 4.78 is 8.22. The van der Waals surface area contributed by atoms with E-state index in [0.717, 1.165) is 51.2 Å². The van der Waals surface area contributed by atoms with Crippen molar-refractivity contribution in [2.24, 2.45) is 5.92 Å². The number of nitrogens with zero attached hydrogens (tertiary/aromatic N) is 3. The van der Waals surface area contributed by atoms with Crippen LogP contribution in [0.15, 0.2) is 34.1 Å². The van der Waals surface area contributed by atoms with Crippen LogP contribution >= 0.6 is 24.0 Å². The third-order valence-electron chi connectivity index (χ3n) is 6.09. The Bertz CT molecular complexity index is 906. The van der Waals surface area contributed by atoms with E-state index in [-0.39, 0.29) is 17.6 Å². The number of piperidine rings is 1. The monoisotopic (exact) mass is 417 g/mol. The number of hydrogen-bond acceptors (Lipinski definition) is 6. The molecule has 0 saturated carbocycles. The summed E-state index contributed by atoms with van der Waals surface area (Å²) in [5.74, 6) is 0.757. The zero-order valence-electron chi connectivity index (χ0n) is 15.6. The Balaban J connectivity index is 1.32. The highest BCUT2D eigenvalue weighted by atomic mass is 32.2. The number of carbonyl (C=O) groups excluding carboxylic acids is 1. The molecule has 1 aromatic heterocycles. The second kappa shape index (κ2) is 7.31. The molecule has 3 saturated heterocycles. The lowest BCUT2D eigenvalue weighted by atomic mass is 9.83. The molecule has 8 heteroatoms. The topological polar surface area (TPSA) is 54.8 Å². The zero-order chi connectivity index (χ0) is 19.3. The molecule has 0 N–H and O–H groups in total. The van der Waals surface area contributed by atoms with E-state index in [4.69, 9.17) is 17.0 Å². The van der Waals surface area contributed by atoms with Gasteiger partial charge in [-0.05, 0) is 31.2 Å². The van der Waals surface area contributed by atoms with Gasteiger partial charge in [-0.2, -0.15) is 0 Å². The van der Waals surface area contributed by atoms with Gasteiger partial charge < -0.3 is 14.2 Å². The number of pyridine rings is 1. The first-order chi connectivity index (χ1) is 13.6. The predicted molar refractivity (Wildman–Crippen MR) is 112 cm³/mol. The molecule has 5 rings (SSSR count). The van der Waals surface area contributed by atoms with Gasteiger partial charge in [-0.25, -0.2) is 0 Å². The van der Waals surface area contributed by atoms with E-state index in [2.05, 4.69) is 11.0 Å². The number of thiocarbonyl (C=S) groups is 1. The van der Waals surface area contributed by atoms with Gasteiger partial charge in [0, 0.05) is 50.1 Å². The minimum Gasteiger partial charge on any atom is -0.376 e. The van der Waals surface area contributed by atoms with Crippen LogP contribution in [0.2, 0.25) is 0 Å². The third-order valence-corrected chi connectivity index (χ3v) is 7.46. The minimum absolute atomic E-state index is 0.00199. The Hall–Kier alpha value is -1.64. The van der Waals surface area contributed by atoms with Crippen molar-refractivity contribution in [3.63, 3.8) is 0 Å². The number of likely N-dealkylation sites (tertiary alicyclic amines) is 1. The quantitative estimate of drug-likeness (QED) is 0.555. The number of thioether (sulfide) groups is 1. The van der Waals surface area contributed by atoms with E-state index in [0.29, 0.717) is 27.6 Å². The number of ether oxygens (including phenoxy) is 1. The fourth-order valence-electron chi connectivity index (χ4n) is 4.84. The molecule has 3 fully saturated rings. The molecule has 4 aliphatic rings. The summed E-state index contributed by atoms with van der Waals surface area (Å²) in [5, 5.41) is 0. The molecule has 0 aromatic carbocycles. The number of carbonyl (C=O) groups is 1. The maximum atomic E-state index is 12.9. The molecule has 28 heavy (non-hydrogen) atoms. The highest BCUT2D eigenvalue weighted by Gasteiger charge is 2.37. The van der Waals surface area contributed by atoms with E-state index in [1.165, 1.54) is 11.8 Å². The molecule has 2 bridgehead atoms. The normalized spacial score (nSPS) is 31.0. The van der Waals surface area contributed by atoms with Crippen molar-refractivity contribution in [1.29, 1.82) is 0 Å². The van der Waals surface area contributed by atoms with Crippen LogP contribution in [-0.4, -0.2) is 56.9 Å². The van der Waals surface area contributed by atoms with Crippen LogP contribution in [0, 0.1) is 5.92 Å². The Morgan fingerprint density at radius 1 is 1.25 bits per heavy atom. The van der Waals surface area contributed by atoms with Gasteiger partial charge in [-0.1, -0.05) is 30.0 Å². The lowest BCUT2D eigenvalue weighted by Crippen LogP contribution is -2.45. The van der Waals surface area contributed by atoms with Gasteiger partial charge in [0.2, 0.25) is 0 Å². The number of aromatic nitrogens is 1. The van der Waals surface area contributed by atoms with Crippen LogP contribution in [0.5, 0.6) is 0 Å². The number of rotatable bonds is 3. The average Bonchev–Trinajstić information content (AvgIpc) is 3.27. The lowest BCUT2D eigenvalue weighted by molar-refractivity contribution is -0.123. The van der Waals surface area contributed by atoms with Crippen LogP contribution < -0.4 is 5.56 Å².